The number of furan rings is 1. The van der Waals surface area contributed by atoms with Crippen LogP contribution in [0.15, 0.2) is 41.0 Å². The number of anilines is 1. The number of aliphatic hydroxyl groups is 1. The van der Waals surface area contributed by atoms with Gasteiger partial charge in [-0.3, -0.25) is 9.59 Å². The van der Waals surface area contributed by atoms with Crippen LogP contribution in [0, 0.1) is 0 Å². The molecule has 2 N–H and O–H groups in total. The van der Waals surface area contributed by atoms with Crippen LogP contribution in [0.25, 0.3) is 0 Å². The van der Waals surface area contributed by atoms with E-state index < -0.39 is 11.9 Å². The lowest BCUT2D eigenvalue weighted by molar-refractivity contribution is -0.117. The standard InChI is InChI=1S/C17H17ClN2O4/c18-11-5-6-12(14(9-11)20-7-1-4-16(20)22)17(23)19-13(10-21)15-3-2-8-24-15/h2-3,5-6,8-9,13,21H,1,4,7,10H2,(H,19,23). The number of aliphatic hydroxyl groups excluding tert-OH is 1. The van der Waals surface area contributed by atoms with E-state index in [1.807, 2.05) is 0 Å². The highest BCUT2D eigenvalue weighted by molar-refractivity contribution is 6.31. The monoisotopic (exact) mass is 348 g/mol. The molecule has 24 heavy (non-hydrogen) atoms. The van der Waals surface area contributed by atoms with Gasteiger partial charge in [-0.15, -0.1) is 0 Å². The van der Waals surface area contributed by atoms with Crippen LogP contribution in [0.5, 0.6) is 0 Å². The van der Waals surface area contributed by atoms with Crippen LogP contribution in [0.4, 0.5) is 5.69 Å². The predicted octanol–water partition coefficient (Wildman–Crippen LogP) is 2.52. The summed E-state index contributed by atoms with van der Waals surface area (Å²) in [5.74, 6) is 0.0199. The molecule has 2 heterocycles. The maximum absolute atomic E-state index is 12.7. The summed E-state index contributed by atoms with van der Waals surface area (Å²) in [5.41, 5.74) is 0.818. The van der Waals surface area contributed by atoms with Crippen molar-refractivity contribution in [2.24, 2.45) is 0 Å². The molecule has 1 atom stereocenters. The highest BCUT2D eigenvalue weighted by Crippen LogP contribution is 2.29. The average molecular weight is 349 g/mol. The van der Waals surface area contributed by atoms with E-state index in [0.717, 1.165) is 6.42 Å². The molecule has 0 spiro atoms. The van der Waals surface area contributed by atoms with Crippen LogP contribution in [0.1, 0.15) is 35.0 Å². The van der Waals surface area contributed by atoms with Gasteiger partial charge in [0.25, 0.3) is 5.91 Å². The largest absolute Gasteiger partial charge is 0.467 e. The van der Waals surface area contributed by atoms with E-state index in [0.29, 0.717) is 35.0 Å². The Morgan fingerprint density at radius 1 is 1.42 bits per heavy atom. The maximum atomic E-state index is 12.7. The van der Waals surface area contributed by atoms with E-state index in [1.54, 1.807) is 35.2 Å². The normalized spacial score (nSPS) is 15.6. The molecule has 1 aliphatic rings. The molecule has 2 aromatic rings. The van der Waals surface area contributed by atoms with E-state index in [9.17, 15) is 14.7 Å². The van der Waals surface area contributed by atoms with E-state index in [2.05, 4.69) is 5.32 Å². The Labute approximate surface area is 144 Å². The van der Waals surface area contributed by atoms with Crippen LogP contribution in [-0.4, -0.2) is 30.1 Å². The van der Waals surface area contributed by atoms with Crippen LogP contribution < -0.4 is 10.2 Å². The lowest BCUT2D eigenvalue weighted by atomic mass is 10.1. The minimum atomic E-state index is -0.662. The molecule has 3 rings (SSSR count). The third kappa shape index (κ3) is 3.29. The lowest BCUT2D eigenvalue weighted by Gasteiger charge is -2.21. The Morgan fingerprint density at radius 3 is 2.88 bits per heavy atom. The van der Waals surface area contributed by atoms with E-state index >= 15 is 0 Å². The van der Waals surface area contributed by atoms with Gasteiger partial charge >= 0.3 is 0 Å². The summed E-state index contributed by atoms with van der Waals surface area (Å²) in [6, 6.07) is 7.48. The number of nitrogens with one attached hydrogen (secondary N) is 1. The molecule has 1 aromatic carbocycles. The zero-order valence-corrected chi connectivity index (χ0v) is 13.6. The zero-order chi connectivity index (χ0) is 17.1. The number of hydrogen-bond donors (Lipinski definition) is 2. The van der Waals surface area contributed by atoms with Crippen molar-refractivity contribution < 1.29 is 19.1 Å². The molecule has 0 bridgehead atoms. The number of benzene rings is 1. The van der Waals surface area contributed by atoms with Gasteiger partial charge in [0.05, 0.1) is 24.1 Å². The van der Waals surface area contributed by atoms with Gasteiger partial charge in [0, 0.05) is 18.0 Å². The first-order chi connectivity index (χ1) is 11.6. The Morgan fingerprint density at radius 2 is 2.25 bits per heavy atom. The summed E-state index contributed by atoms with van der Waals surface area (Å²) in [4.78, 5) is 26.3. The fourth-order valence-corrected chi connectivity index (χ4v) is 2.92. The van der Waals surface area contributed by atoms with Crippen molar-refractivity contribution in [2.45, 2.75) is 18.9 Å². The number of amides is 2. The van der Waals surface area contributed by atoms with Crippen molar-refractivity contribution in [1.29, 1.82) is 0 Å². The number of halogens is 1. The Kier molecular flexibility index (Phi) is 4.87. The third-order valence-corrected chi connectivity index (χ3v) is 4.18. The van der Waals surface area contributed by atoms with Crippen LogP contribution in [0.3, 0.4) is 0 Å². The smallest absolute Gasteiger partial charge is 0.254 e. The summed E-state index contributed by atoms with van der Waals surface area (Å²) < 4.78 is 5.23. The first kappa shape index (κ1) is 16.5. The first-order valence-corrected chi connectivity index (χ1v) is 8.03. The average Bonchev–Trinajstić information content (AvgIpc) is 3.23. The van der Waals surface area contributed by atoms with Gasteiger partial charge in [0.15, 0.2) is 0 Å². The Balaban J connectivity index is 1.88. The Bertz CT molecular complexity index is 745. The molecule has 1 saturated heterocycles. The minimum Gasteiger partial charge on any atom is -0.467 e. The fourth-order valence-electron chi connectivity index (χ4n) is 2.76. The molecule has 1 unspecified atom stereocenters. The van der Waals surface area contributed by atoms with E-state index in [4.69, 9.17) is 16.0 Å². The molecule has 0 aliphatic carbocycles. The highest BCUT2D eigenvalue weighted by Gasteiger charge is 2.27. The summed E-state index contributed by atoms with van der Waals surface area (Å²) in [7, 11) is 0. The van der Waals surface area contributed by atoms with Crippen molar-refractivity contribution in [1.82, 2.24) is 5.32 Å². The molecule has 2 amide bonds. The van der Waals surface area contributed by atoms with Gasteiger partial charge in [-0.05, 0) is 36.8 Å². The fraction of sp³-hybridized carbons (Fsp3) is 0.294. The van der Waals surface area contributed by atoms with Crippen LogP contribution >= 0.6 is 11.6 Å². The molecule has 0 saturated carbocycles. The third-order valence-electron chi connectivity index (χ3n) is 3.94. The van der Waals surface area contributed by atoms with Gasteiger partial charge in [0.2, 0.25) is 5.91 Å². The van der Waals surface area contributed by atoms with Gasteiger partial charge in [-0.1, -0.05) is 11.6 Å². The maximum Gasteiger partial charge on any atom is 0.254 e. The van der Waals surface area contributed by atoms with Crippen molar-refractivity contribution in [3.8, 4) is 0 Å². The summed E-state index contributed by atoms with van der Waals surface area (Å²) in [6.45, 7) is 0.256. The summed E-state index contributed by atoms with van der Waals surface area (Å²) in [5, 5.41) is 12.7. The van der Waals surface area contributed by atoms with Gasteiger partial charge in [-0.25, -0.2) is 0 Å². The first-order valence-electron chi connectivity index (χ1n) is 7.65. The molecule has 0 radical (unpaired) electrons. The highest BCUT2D eigenvalue weighted by atomic mass is 35.5. The number of carbonyl (C=O) groups excluding carboxylic acids is 2. The lowest BCUT2D eigenvalue weighted by Crippen LogP contribution is -2.33. The number of hydrogen-bond acceptors (Lipinski definition) is 4. The summed E-state index contributed by atoms with van der Waals surface area (Å²) in [6.07, 6.45) is 2.68. The van der Waals surface area contributed by atoms with E-state index in [1.165, 1.54) is 6.26 Å². The number of nitrogens with zero attached hydrogens (tertiary/aromatic N) is 1. The van der Waals surface area contributed by atoms with Gasteiger partial charge < -0.3 is 19.7 Å². The van der Waals surface area contributed by atoms with Crippen LogP contribution in [0.2, 0.25) is 5.02 Å². The molecule has 126 valence electrons. The van der Waals surface area contributed by atoms with Crippen molar-refractivity contribution in [2.75, 3.05) is 18.1 Å². The molecular formula is C17H17ClN2O4. The quantitative estimate of drug-likeness (QED) is 0.869. The topological polar surface area (TPSA) is 82.8 Å². The molecule has 1 aromatic heterocycles. The van der Waals surface area contributed by atoms with Gasteiger partial charge in [-0.2, -0.15) is 0 Å². The Hall–Kier alpha value is -2.31. The van der Waals surface area contributed by atoms with Gasteiger partial charge in [0.1, 0.15) is 11.8 Å². The van der Waals surface area contributed by atoms with Crippen LogP contribution in [-0.2, 0) is 4.79 Å². The summed E-state index contributed by atoms with van der Waals surface area (Å²) >= 11 is 6.04. The second kappa shape index (κ2) is 7.07. The van der Waals surface area contributed by atoms with Crippen molar-refractivity contribution in [3.05, 3.63) is 52.9 Å². The predicted molar refractivity (Wildman–Crippen MR) is 89.0 cm³/mol. The van der Waals surface area contributed by atoms with E-state index in [-0.39, 0.29) is 12.5 Å². The molecule has 7 heteroatoms. The number of rotatable bonds is 5. The minimum absolute atomic E-state index is 0.0314. The molecular weight excluding hydrogens is 332 g/mol. The SMILES string of the molecule is O=C(NC(CO)c1ccco1)c1ccc(Cl)cc1N1CCCC1=O. The molecule has 6 nitrogen and oxygen atoms in total. The second-order valence-corrected chi connectivity index (χ2v) is 5.97. The molecule has 1 aliphatic heterocycles. The van der Waals surface area contributed by atoms with Crippen molar-refractivity contribution in [3.63, 3.8) is 0 Å². The zero-order valence-electron chi connectivity index (χ0n) is 12.9. The number of carbonyl (C=O) groups is 2. The van der Waals surface area contributed by atoms with Crippen molar-refractivity contribution >= 4 is 29.1 Å². The second-order valence-electron chi connectivity index (χ2n) is 5.53. The molecule has 1 fully saturated rings.